The largest absolute Gasteiger partial charge is 0.508 e. The minimum atomic E-state index is -0.776. The van der Waals surface area contributed by atoms with Crippen molar-refractivity contribution in [3.05, 3.63) is 63.7 Å². The molecule has 0 saturated carbocycles. The normalized spacial score (nSPS) is 16.4. The summed E-state index contributed by atoms with van der Waals surface area (Å²) in [6, 6.07) is 9.65. The van der Waals surface area contributed by atoms with E-state index >= 15 is 0 Å². The van der Waals surface area contributed by atoms with Crippen molar-refractivity contribution < 1.29 is 14.7 Å². The van der Waals surface area contributed by atoms with Gasteiger partial charge in [-0.25, -0.2) is 0 Å². The summed E-state index contributed by atoms with van der Waals surface area (Å²) in [5, 5.41) is 13.5. The van der Waals surface area contributed by atoms with Gasteiger partial charge in [-0.3, -0.25) is 9.59 Å². The van der Waals surface area contributed by atoms with Gasteiger partial charge in [0.25, 0.3) is 5.91 Å². The van der Waals surface area contributed by atoms with Crippen LogP contribution in [-0.4, -0.2) is 27.4 Å². The number of amides is 2. The van der Waals surface area contributed by atoms with E-state index < -0.39 is 11.6 Å². The predicted octanol–water partition coefficient (Wildman–Crippen LogP) is 3.97. The maximum atomic E-state index is 13.2. The van der Waals surface area contributed by atoms with E-state index in [-0.39, 0.29) is 24.1 Å². The Kier molecular flexibility index (Phi) is 4.91. The highest BCUT2D eigenvalue weighted by Gasteiger charge is 2.43. The summed E-state index contributed by atoms with van der Waals surface area (Å²) in [6.07, 6.45) is 0. The highest BCUT2D eigenvalue weighted by Crippen LogP contribution is 2.40. The number of phenols is 1. The van der Waals surface area contributed by atoms with Crippen LogP contribution in [0.25, 0.3) is 0 Å². The Morgan fingerprint density at radius 1 is 1.22 bits per heavy atom. The van der Waals surface area contributed by atoms with Crippen molar-refractivity contribution >= 4 is 23.4 Å². The van der Waals surface area contributed by atoms with Crippen LogP contribution in [0.2, 0.25) is 5.02 Å². The van der Waals surface area contributed by atoms with Gasteiger partial charge in [0.15, 0.2) is 0 Å². The molecule has 1 heterocycles. The average molecular weight is 387 g/mol. The minimum absolute atomic E-state index is 0.0386. The fourth-order valence-corrected chi connectivity index (χ4v) is 3.55. The lowest BCUT2D eigenvalue weighted by Gasteiger charge is -2.29. The van der Waals surface area contributed by atoms with Gasteiger partial charge in [0.1, 0.15) is 11.8 Å². The van der Waals surface area contributed by atoms with Crippen LogP contribution in [0.15, 0.2) is 36.4 Å². The van der Waals surface area contributed by atoms with Crippen molar-refractivity contribution in [1.29, 1.82) is 0 Å². The van der Waals surface area contributed by atoms with E-state index in [2.05, 4.69) is 5.32 Å². The first-order valence-electron chi connectivity index (χ1n) is 8.79. The summed E-state index contributed by atoms with van der Waals surface area (Å²) in [4.78, 5) is 27.7. The van der Waals surface area contributed by atoms with Gasteiger partial charge in [-0.1, -0.05) is 35.9 Å². The van der Waals surface area contributed by atoms with Gasteiger partial charge in [0.05, 0.1) is 5.56 Å². The van der Waals surface area contributed by atoms with E-state index in [4.69, 9.17) is 11.6 Å². The monoisotopic (exact) mass is 386 g/mol. The maximum Gasteiger partial charge on any atom is 0.255 e. The van der Waals surface area contributed by atoms with Crippen LogP contribution in [-0.2, 0) is 11.3 Å². The van der Waals surface area contributed by atoms with E-state index in [1.165, 1.54) is 11.0 Å². The molecule has 2 aromatic rings. The molecule has 5 nitrogen and oxygen atoms in total. The Balaban J connectivity index is 2.07. The lowest BCUT2D eigenvalue weighted by molar-refractivity contribution is -0.127. The van der Waals surface area contributed by atoms with Gasteiger partial charge in [-0.2, -0.15) is 0 Å². The molecule has 0 spiro atoms. The summed E-state index contributed by atoms with van der Waals surface area (Å²) >= 11 is 6.27. The first-order valence-corrected chi connectivity index (χ1v) is 9.17. The maximum absolute atomic E-state index is 13.2. The predicted molar refractivity (Wildman–Crippen MR) is 105 cm³/mol. The molecule has 2 aromatic carbocycles. The van der Waals surface area contributed by atoms with Gasteiger partial charge in [0, 0.05) is 22.7 Å². The molecule has 0 fully saturated rings. The molecule has 0 aromatic heterocycles. The summed E-state index contributed by atoms with van der Waals surface area (Å²) < 4.78 is 0. The Bertz CT molecular complexity index is 918. The third kappa shape index (κ3) is 3.65. The standard InChI is InChI=1S/C21H23ClN2O3/c1-12-16(25)10-9-14-17(12)20(27)24(11-13-7-5-6-8-15(13)22)18(14)19(26)23-21(2,3)4/h5-10,18,25H,11H2,1-4H3,(H,23,26). The van der Waals surface area contributed by atoms with Crippen molar-refractivity contribution in [2.24, 2.45) is 0 Å². The number of carbonyl (C=O) groups excluding carboxylic acids is 2. The molecule has 2 amide bonds. The number of aromatic hydroxyl groups is 1. The number of benzene rings is 2. The minimum Gasteiger partial charge on any atom is -0.508 e. The second-order valence-electron chi connectivity index (χ2n) is 7.84. The second-order valence-corrected chi connectivity index (χ2v) is 8.25. The van der Waals surface area contributed by atoms with Crippen LogP contribution < -0.4 is 5.32 Å². The topological polar surface area (TPSA) is 69.6 Å². The zero-order chi connectivity index (χ0) is 19.9. The number of halogens is 1. The molecule has 1 unspecified atom stereocenters. The number of hydrogen-bond acceptors (Lipinski definition) is 3. The van der Waals surface area contributed by atoms with E-state index in [0.717, 1.165) is 5.56 Å². The molecule has 0 radical (unpaired) electrons. The van der Waals surface area contributed by atoms with E-state index in [1.54, 1.807) is 19.1 Å². The SMILES string of the molecule is Cc1c(O)ccc2c1C(=O)N(Cc1ccccc1Cl)C2C(=O)NC(C)(C)C. The van der Waals surface area contributed by atoms with Gasteiger partial charge < -0.3 is 15.3 Å². The molecule has 0 saturated heterocycles. The molecule has 27 heavy (non-hydrogen) atoms. The van der Waals surface area contributed by atoms with E-state index in [0.29, 0.717) is 21.7 Å². The van der Waals surface area contributed by atoms with E-state index in [9.17, 15) is 14.7 Å². The number of fused-ring (bicyclic) bond motifs is 1. The summed E-state index contributed by atoms with van der Waals surface area (Å²) in [7, 11) is 0. The molecule has 0 bridgehead atoms. The highest BCUT2D eigenvalue weighted by atomic mass is 35.5. The van der Waals surface area contributed by atoms with Gasteiger partial charge in [-0.05, 0) is 51.0 Å². The second kappa shape index (κ2) is 6.89. The first kappa shape index (κ1) is 19.2. The molecule has 1 aliphatic rings. The van der Waals surface area contributed by atoms with Crippen LogP contribution in [0.5, 0.6) is 5.75 Å². The van der Waals surface area contributed by atoms with Gasteiger partial charge >= 0.3 is 0 Å². The number of rotatable bonds is 3. The molecule has 6 heteroatoms. The number of hydrogen-bond donors (Lipinski definition) is 2. The van der Waals surface area contributed by atoms with Crippen LogP contribution in [0.1, 0.15) is 53.9 Å². The number of carbonyl (C=O) groups is 2. The lowest BCUT2D eigenvalue weighted by Crippen LogP contribution is -2.46. The Morgan fingerprint density at radius 3 is 2.52 bits per heavy atom. The molecule has 3 rings (SSSR count). The third-order valence-electron chi connectivity index (χ3n) is 4.59. The Hall–Kier alpha value is -2.53. The molecular weight excluding hydrogens is 364 g/mol. The molecule has 142 valence electrons. The number of phenolic OH excluding ortho intramolecular Hbond substituents is 1. The smallest absolute Gasteiger partial charge is 0.255 e. The number of nitrogens with one attached hydrogen (secondary N) is 1. The zero-order valence-electron chi connectivity index (χ0n) is 15.8. The van der Waals surface area contributed by atoms with Crippen LogP contribution in [0.4, 0.5) is 0 Å². The fraction of sp³-hybridized carbons (Fsp3) is 0.333. The van der Waals surface area contributed by atoms with Crippen LogP contribution >= 0.6 is 11.6 Å². The van der Waals surface area contributed by atoms with Crippen LogP contribution in [0.3, 0.4) is 0 Å². The fourth-order valence-electron chi connectivity index (χ4n) is 3.36. The van der Waals surface area contributed by atoms with Gasteiger partial charge in [0.2, 0.25) is 5.91 Å². The lowest BCUT2D eigenvalue weighted by atomic mass is 9.98. The van der Waals surface area contributed by atoms with Crippen molar-refractivity contribution in [1.82, 2.24) is 10.2 Å². The zero-order valence-corrected chi connectivity index (χ0v) is 16.6. The summed E-state index contributed by atoms with van der Waals surface area (Å²) in [5.74, 6) is -0.504. The van der Waals surface area contributed by atoms with Crippen molar-refractivity contribution in [2.75, 3.05) is 0 Å². The van der Waals surface area contributed by atoms with Crippen molar-refractivity contribution in [3.8, 4) is 5.75 Å². The average Bonchev–Trinajstić information content (AvgIpc) is 2.84. The van der Waals surface area contributed by atoms with Gasteiger partial charge in [-0.15, -0.1) is 0 Å². The summed E-state index contributed by atoms with van der Waals surface area (Å²) in [5.41, 5.74) is 1.79. The van der Waals surface area contributed by atoms with E-state index in [1.807, 2.05) is 39.0 Å². The van der Waals surface area contributed by atoms with Crippen LogP contribution in [0, 0.1) is 6.92 Å². The molecule has 0 aliphatic carbocycles. The summed E-state index contributed by atoms with van der Waals surface area (Å²) in [6.45, 7) is 7.56. The Morgan fingerprint density at radius 2 is 1.89 bits per heavy atom. The number of nitrogens with zero attached hydrogens (tertiary/aromatic N) is 1. The Labute approximate surface area is 163 Å². The molecule has 1 aliphatic heterocycles. The molecule has 2 N–H and O–H groups in total. The molecule has 1 atom stereocenters. The quantitative estimate of drug-likeness (QED) is 0.838. The third-order valence-corrected chi connectivity index (χ3v) is 4.96. The van der Waals surface area contributed by atoms with Crippen molar-refractivity contribution in [2.45, 2.75) is 45.8 Å². The first-order chi connectivity index (χ1) is 12.6. The highest BCUT2D eigenvalue weighted by molar-refractivity contribution is 6.31. The van der Waals surface area contributed by atoms with Crippen molar-refractivity contribution in [3.63, 3.8) is 0 Å². The molecular formula is C21H23ClN2O3.